The fraction of sp³-hybridized carbons (Fsp3) is 0.621. The normalized spacial score (nSPS) is 41.0. The average Bonchev–Trinajstić information content (AvgIpc) is 3.19. The fourth-order valence-corrected chi connectivity index (χ4v) is 7.96. The number of carbonyl (C=O) groups is 2. The van der Waals surface area contributed by atoms with Crippen molar-refractivity contribution in [3.63, 3.8) is 0 Å². The number of esters is 1. The van der Waals surface area contributed by atoms with Crippen molar-refractivity contribution < 1.29 is 38.3 Å². The number of oxime groups is 1. The Morgan fingerprint density at radius 3 is 2.79 bits per heavy atom. The number of nitrogens with zero attached hydrogens (tertiary/aromatic N) is 1. The Labute approximate surface area is 228 Å². The summed E-state index contributed by atoms with van der Waals surface area (Å²) in [6.45, 7) is 11.4. The van der Waals surface area contributed by atoms with Crippen molar-refractivity contribution in [3.8, 4) is 5.75 Å². The van der Waals surface area contributed by atoms with Crippen molar-refractivity contribution >= 4 is 30.5 Å². The zero-order valence-corrected chi connectivity index (χ0v) is 22.9. The Morgan fingerprint density at radius 2 is 2.08 bits per heavy atom. The van der Waals surface area contributed by atoms with Gasteiger partial charge in [0.05, 0.1) is 12.3 Å². The summed E-state index contributed by atoms with van der Waals surface area (Å²) in [7, 11) is -1.24. The highest BCUT2D eigenvalue weighted by molar-refractivity contribution is 6.62. The van der Waals surface area contributed by atoms with E-state index in [1.165, 1.54) is 6.21 Å². The van der Waals surface area contributed by atoms with Crippen LogP contribution in [-0.2, 0) is 19.1 Å². The minimum atomic E-state index is -1.60. The number of ketones is 1. The summed E-state index contributed by atoms with van der Waals surface area (Å²) in [6.07, 6.45) is 1.59. The molecule has 0 spiro atoms. The highest BCUT2D eigenvalue weighted by atomic mass is 19.1. The summed E-state index contributed by atoms with van der Waals surface area (Å²) in [4.78, 5) is 26.7. The predicted octanol–water partition coefficient (Wildman–Crippen LogP) is 2.97. The van der Waals surface area contributed by atoms with Gasteiger partial charge < -0.3 is 24.4 Å². The molecule has 2 bridgehead atoms. The van der Waals surface area contributed by atoms with Crippen LogP contribution in [0.1, 0.15) is 58.9 Å². The minimum Gasteiger partial charge on any atom is -0.482 e. The van der Waals surface area contributed by atoms with E-state index >= 15 is 4.39 Å². The summed E-state index contributed by atoms with van der Waals surface area (Å²) in [6, 6.07) is 4.91. The minimum absolute atomic E-state index is 0.0242. The second-order valence-corrected chi connectivity index (χ2v) is 12.4. The van der Waals surface area contributed by atoms with Crippen LogP contribution >= 0.6 is 0 Å². The lowest BCUT2D eigenvalue weighted by molar-refractivity contribution is -0.207. The number of ether oxygens (including phenoxy) is 2. The smallest absolute Gasteiger partial charge is 0.482 e. The van der Waals surface area contributed by atoms with E-state index in [2.05, 4.69) is 11.7 Å². The molecule has 1 aliphatic heterocycles. The van der Waals surface area contributed by atoms with Crippen LogP contribution in [-0.4, -0.2) is 60.2 Å². The van der Waals surface area contributed by atoms with Gasteiger partial charge >= 0.3 is 13.1 Å². The van der Waals surface area contributed by atoms with E-state index in [1.807, 2.05) is 27.7 Å². The van der Waals surface area contributed by atoms with E-state index in [1.54, 1.807) is 24.3 Å². The van der Waals surface area contributed by atoms with Gasteiger partial charge in [-0.25, -0.2) is 9.18 Å². The standard InChI is InChI=1S/C29H37BFNO7/c1-6-27(4)13-22(38-23(33)15-37-19-8-7-18-14-32-39-30(36)20(18)11-19)28(5)16(2)9-10-29(17(3)26(27)35)12-21(31)24(34)25(28)29/h6-8,11,14,16-17,21-22,25-26,35-36H,1,9-10,12-13,15H2,2-5H3/t16-,17+,21+,22-,25+,26+,27-,28+,29+/m1/s1. The van der Waals surface area contributed by atoms with E-state index in [9.17, 15) is 19.7 Å². The number of hydrogen-bond acceptors (Lipinski definition) is 8. The third-order valence-electron chi connectivity index (χ3n) is 10.6. The van der Waals surface area contributed by atoms with Gasteiger partial charge in [-0.15, -0.1) is 11.7 Å². The first kappa shape index (κ1) is 27.8. The van der Waals surface area contributed by atoms with Gasteiger partial charge in [0, 0.05) is 22.2 Å². The molecule has 2 N–H and O–H groups in total. The third-order valence-corrected chi connectivity index (χ3v) is 10.6. The van der Waals surface area contributed by atoms with Gasteiger partial charge in [-0.2, -0.15) is 0 Å². The quantitative estimate of drug-likeness (QED) is 0.335. The highest BCUT2D eigenvalue weighted by Gasteiger charge is 2.70. The molecule has 3 fully saturated rings. The monoisotopic (exact) mass is 541 g/mol. The molecule has 4 aliphatic rings. The van der Waals surface area contributed by atoms with Crippen LogP contribution in [0.25, 0.3) is 0 Å². The Balaban J connectivity index is 1.44. The van der Waals surface area contributed by atoms with Crippen molar-refractivity contribution in [3.05, 3.63) is 36.4 Å². The molecular weight excluding hydrogens is 504 g/mol. The first-order valence-electron chi connectivity index (χ1n) is 13.7. The molecule has 1 aromatic rings. The summed E-state index contributed by atoms with van der Waals surface area (Å²) in [5.74, 6) is -1.79. The summed E-state index contributed by atoms with van der Waals surface area (Å²) >= 11 is 0. The number of carbonyl (C=O) groups excluding carboxylic acids is 2. The highest BCUT2D eigenvalue weighted by Crippen LogP contribution is 2.68. The van der Waals surface area contributed by atoms with Gasteiger partial charge in [0.1, 0.15) is 11.9 Å². The maximum atomic E-state index is 15.2. The summed E-state index contributed by atoms with van der Waals surface area (Å²) in [5.41, 5.74) is -1.25. The van der Waals surface area contributed by atoms with Crippen LogP contribution < -0.4 is 10.2 Å². The maximum Gasteiger partial charge on any atom is 0.583 e. The molecule has 39 heavy (non-hydrogen) atoms. The van der Waals surface area contributed by atoms with E-state index in [0.29, 0.717) is 23.2 Å². The summed E-state index contributed by atoms with van der Waals surface area (Å²) in [5, 5.41) is 25.2. The van der Waals surface area contributed by atoms with Crippen LogP contribution in [0.4, 0.5) is 4.39 Å². The number of alkyl halides is 1. The van der Waals surface area contributed by atoms with Crippen LogP contribution in [0.3, 0.4) is 0 Å². The molecule has 0 unspecified atom stereocenters. The second kappa shape index (κ2) is 9.73. The van der Waals surface area contributed by atoms with Gasteiger partial charge in [0.15, 0.2) is 18.6 Å². The predicted molar refractivity (Wildman–Crippen MR) is 143 cm³/mol. The Bertz CT molecular complexity index is 1210. The number of hydrogen-bond donors (Lipinski definition) is 2. The Hall–Kier alpha value is -2.72. The molecule has 5 rings (SSSR count). The lowest BCUT2D eigenvalue weighted by Crippen LogP contribution is -2.63. The Kier molecular flexibility index (Phi) is 6.95. The zero-order valence-electron chi connectivity index (χ0n) is 22.9. The molecule has 1 heterocycles. The molecule has 3 saturated carbocycles. The lowest BCUT2D eigenvalue weighted by atomic mass is 9.44. The van der Waals surface area contributed by atoms with Gasteiger partial charge in [-0.1, -0.05) is 33.8 Å². The van der Waals surface area contributed by atoms with Crippen molar-refractivity contribution in [1.82, 2.24) is 0 Å². The number of aliphatic hydroxyl groups is 1. The molecule has 3 aliphatic carbocycles. The molecule has 0 radical (unpaired) electrons. The average molecular weight is 541 g/mol. The molecule has 210 valence electrons. The number of rotatable bonds is 5. The molecule has 0 amide bonds. The number of fused-ring (bicyclic) bond motifs is 1. The van der Waals surface area contributed by atoms with Crippen LogP contribution in [0, 0.1) is 34.0 Å². The molecule has 0 saturated heterocycles. The van der Waals surface area contributed by atoms with Gasteiger partial charge in [0.2, 0.25) is 0 Å². The van der Waals surface area contributed by atoms with Crippen molar-refractivity contribution in [2.45, 2.75) is 71.8 Å². The molecule has 9 atom stereocenters. The first-order chi connectivity index (χ1) is 18.4. The topological polar surface area (TPSA) is 115 Å². The summed E-state index contributed by atoms with van der Waals surface area (Å²) < 4.78 is 31.9. The van der Waals surface area contributed by atoms with Crippen molar-refractivity contribution in [1.29, 1.82) is 0 Å². The number of halogens is 1. The number of benzene rings is 1. The largest absolute Gasteiger partial charge is 0.583 e. The van der Waals surface area contributed by atoms with E-state index in [-0.39, 0.29) is 24.7 Å². The SMILES string of the molecule is C=C[C@]1(C)C[C@@H](OC(=O)COc2ccc3c(c2)B(O)ON=C3)[C@]2(C)[C@H](C)CC[C@]3(C[C@H](F)C(=O)[C@H]32)[C@@H](C)[C@@H]1O. The second-order valence-electron chi connectivity index (χ2n) is 12.4. The molecule has 10 heteroatoms. The number of Topliss-reactive ketones (excluding diaryl/α,β-unsaturated/α-hetero) is 1. The lowest BCUT2D eigenvalue weighted by Gasteiger charge is -2.61. The van der Waals surface area contributed by atoms with E-state index in [4.69, 9.17) is 14.2 Å². The van der Waals surface area contributed by atoms with Gasteiger partial charge in [-0.05, 0) is 66.7 Å². The third kappa shape index (κ3) is 4.22. The van der Waals surface area contributed by atoms with Crippen LogP contribution in [0.5, 0.6) is 5.75 Å². The molecule has 8 nitrogen and oxygen atoms in total. The van der Waals surface area contributed by atoms with Gasteiger partial charge in [-0.3, -0.25) is 4.79 Å². The van der Waals surface area contributed by atoms with Crippen molar-refractivity contribution in [2.75, 3.05) is 6.61 Å². The fourth-order valence-electron chi connectivity index (χ4n) is 7.96. The van der Waals surface area contributed by atoms with E-state index < -0.39 is 66.0 Å². The van der Waals surface area contributed by atoms with Gasteiger partial charge in [0.25, 0.3) is 0 Å². The van der Waals surface area contributed by atoms with E-state index in [0.717, 1.165) is 6.42 Å². The Morgan fingerprint density at radius 1 is 1.33 bits per heavy atom. The van der Waals surface area contributed by atoms with Crippen LogP contribution in [0.15, 0.2) is 36.0 Å². The molecule has 1 aromatic carbocycles. The van der Waals surface area contributed by atoms with Crippen molar-refractivity contribution in [2.24, 2.45) is 39.2 Å². The molecule has 0 aromatic heterocycles. The molecular formula is C29H37BFNO7. The first-order valence-corrected chi connectivity index (χ1v) is 13.7. The van der Waals surface area contributed by atoms with Crippen LogP contribution in [0.2, 0.25) is 0 Å². The maximum absolute atomic E-state index is 15.2. The zero-order chi connectivity index (χ0) is 28.3. The number of aliphatic hydroxyl groups excluding tert-OH is 1.